The Morgan fingerprint density at radius 3 is 1.97 bits per heavy atom. The summed E-state index contributed by atoms with van der Waals surface area (Å²) < 4.78 is 14.4. The van der Waals surface area contributed by atoms with Crippen molar-refractivity contribution >= 4 is 136 Å². The second-order valence-corrected chi connectivity index (χ2v) is 19.4. The molecule has 0 amide bonds. The first-order valence-corrected chi connectivity index (χ1v) is 21.7. The molecule has 0 atom stereocenters. The predicted octanol–water partition coefficient (Wildman–Crippen LogP) is 14.0. The molecule has 4 aromatic heterocycles. The highest BCUT2D eigenvalue weighted by Gasteiger charge is 2.44. The fraction of sp³-hybridized carbons (Fsp3) is 0.0769. The summed E-state index contributed by atoms with van der Waals surface area (Å²) >= 11 is 3.80. The number of para-hydroxylation sites is 1. The normalized spacial score (nSPS) is 13.7. The fourth-order valence-electron chi connectivity index (χ4n) is 10.5. The van der Waals surface area contributed by atoms with Gasteiger partial charge in [0.15, 0.2) is 0 Å². The van der Waals surface area contributed by atoms with Crippen LogP contribution in [-0.2, 0) is 5.41 Å². The van der Waals surface area contributed by atoms with Gasteiger partial charge in [-0.2, -0.15) is 0 Å². The summed E-state index contributed by atoms with van der Waals surface area (Å²) in [6.45, 7) is 6.84. The average Bonchev–Trinajstić information content (AvgIpc) is 4.00. The first-order chi connectivity index (χ1) is 28.4. The van der Waals surface area contributed by atoms with Gasteiger partial charge in [-0.05, 0) is 88.1 Å². The Kier molecular flexibility index (Phi) is 5.90. The van der Waals surface area contributed by atoms with Crippen molar-refractivity contribution in [3.8, 4) is 16.8 Å². The van der Waals surface area contributed by atoms with Crippen molar-refractivity contribution in [3.05, 3.63) is 151 Å². The van der Waals surface area contributed by atoms with Crippen LogP contribution in [0.4, 0.5) is 11.4 Å². The Morgan fingerprint density at radius 1 is 0.517 bits per heavy atom. The maximum absolute atomic E-state index is 6.54. The molecule has 6 heteroatoms. The molecule has 58 heavy (non-hydrogen) atoms. The van der Waals surface area contributed by atoms with Crippen molar-refractivity contribution in [2.45, 2.75) is 26.2 Å². The van der Waals surface area contributed by atoms with Gasteiger partial charge in [-0.15, -0.1) is 22.7 Å². The summed E-state index contributed by atoms with van der Waals surface area (Å²) in [5.74, 6) is 0. The minimum atomic E-state index is -0.0690. The topological polar surface area (TPSA) is 21.3 Å². The van der Waals surface area contributed by atoms with Gasteiger partial charge >= 0.3 is 6.85 Å². The Hall–Kier alpha value is -6.34. The minimum Gasteiger partial charge on any atom is -0.456 e. The Bertz CT molecular complexity index is 3800. The summed E-state index contributed by atoms with van der Waals surface area (Å²) in [4.78, 5) is 2.68. The minimum absolute atomic E-state index is 0.0471. The molecule has 0 saturated heterocycles. The highest BCUT2D eigenvalue weighted by Crippen LogP contribution is 2.50. The van der Waals surface area contributed by atoms with E-state index in [-0.39, 0.29) is 12.3 Å². The van der Waals surface area contributed by atoms with E-state index in [2.05, 4.69) is 176 Å². The molecule has 14 rings (SSSR count). The lowest BCUT2D eigenvalue weighted by molar-refractivity contribution is 0.590. The third-order valence-electron chi connectivity index (χ3n) is 13.1. The van der Waals surface area contributed by atoms with Gasteiger partial charge in [-0.1, -0.05) is 106 Å². The smallest absolute Gasteiger partial charge is 0.333 e. The van der Waals surface area contributed by atoms with E-state index in [1.165, 1.54) is 112 Å². The van der Waals surface area contributed by atoms with Crippen LogP contribution in [0.25, 0.3) is 101 Å². The first-order valence-electron chi connectivity index (χ1n) is 20.1. The summed E-state index contributed by atoms with van der Waals surface area (Å²) in [5.41, 5.74) is 14.8. The van der Waals surface area contributed by atoms with Crippen LogP contribution in [0.1, 0.15) is 26.3 Å². The van der Waals surface area contributed by atoms with Gasteiger partial charge < -0.3 is 13.8 Å². The summed E-state index contributed by atoms with van der Waals surface area (Å²) in [7, 11) is 0. The molecule has 0 fully saturated rings. The van der Waals surface area contributed by atoms with Crippen LogP contribution in [0.15, 0.2) is 150 Å². The standard InChI is InChI=1S/C52H33BN2OS2/c1-52(2,3)28-16-18-29(19-17-28)55-40-25-37-31-11-6-9-15-45(31)57-46(37)26-35(40)32-20-21-34-48-39(22-23-43-49(48)33-12-4-7-13-42(33)56-43)54-41-27-47-36(30-10-5-8-14-44(30)58-47)24-38(41)53(55)50(32)51(34)54/h4-27H,1-3H3. The van der Waals surface area contributed by atoms with Crippen molar-refractivity contribution in [2.24, 2.45) is 0 Å². The summed E-state index contributed by atoms with van der Waals surface area (Å²) in [5, 5.41) is 10.2. The van der Waals surface area contributed by atoms with Crippen LogP contribution >= 0.6 is 22.7 Å². The Morgan fingerprint density at radius 2 is 1.21 bits per heavy atom. The zero-order valence-electron chi connectivity index (χ0n) is 32.1. The number of nitrogens with zero attached hydrogens (tertiary/aromatic N) is 2. The summed E-state index contributed by atoms with van der Waals surface area (Å²) in [6.07, 6.45) is 0. The van der Waals surface area contributed by atoms with Crippen LogP contribution in [0.3, 0.4) is 0 Å². The maximum atomic E-state index is 6.54. The Labute approximate surface area is 342 Å². The van der Waals surface area contributed by atoms with E-state index in [0.29, 0.717) is 0 Å². The molecule has 0 spiro atoms. The molecule has 0 bridgehead atoms. The molecule has 0 saturated carbocycles. The molecule has 6 heterocycles. The maximum Gasteiger partial charge on any atom is 0.333 e. The van der Waals surface area contributed by atoms with Gasteiger partial charge in [0.05, 0.1) is 11.0 Å². The van der Waals surface area contributed by atoms with E-state index in [0.717, 1.165) is 16.6 Å². The quantitative estimate of drug-likeness (QED) is 0.155. The van der Waals surface area contributed by atoms with E-state index < -0.39 is 0 Å². The van der Waals surface area contributed by atoms with Crippen molar-refractivity contribution in [2.75, 3.05) is 4.81 Å². The largest absolute Gasteiger partial charge is 0.456 e. The second kappa shape index (κ2) is 10.8. The zero-order chi connectivity index (χ0) is 38.2. The van der Waals surface area contributed by atoms with Gasteiger partial charge in [0.2, 0.25) is 0 Å². The third-order valence-corrected chi connectivity index (χ3v) is 15.4. The van der Waals surface area contributed by atoms with E-state index >= 15 is 0 Å². The molecular weight excluding hydrogens is 744 g/mol. The number of aromatic nitrogens is 1. The molecule has 8 aromatic carbocycles. The molecule has 2 aliphatic heterocycles. The molecule has 0 aliphatic carbocycles. The number of rotatable bonds is 1. The van der Waals surface area contributed by atoms with Crippen LogP contribution in [0.5, 0.6) is 0 Å². The molecule has 272 valence electrons. The van der Waals surface area contributed by atoms with Gasteiger partial charge in [0, 0.05) is 84.5 Å². The van der Waals surface area contributed by atoms with Crippen LogP contribution < -0.4 is 15.7 Å². The van der Waals surface area contributed by atoms with E-state index in [1.54, 1.807) is 0 Å². The van der Waals surface area contributed by atoms with Crippen LogP contribution in [0, 0.1) is 0 Å². The van der Waals surface area contributed by atoms with E-state index in [4.69, 9.17) is 4.42 Å². The number of hydrogen-bond donors (Lipinski definition) is 0. The number of anilines is 2. The molecule has 2 aliphatic rings. The Balaban J connectivity index is 1.19. The van der Waals surface area contributed by atoms with Crippen molar-refractivity contribution in [3.63, 3.8) is 0 Å². The monoisotopic (exact) mass is 776 g/mol. The highest BCUT2D eigenvalue weighted by molar-refractivity contribution is 7.26. The zero-order valence-corrected chi connectivity index (χ0v) is 33.7. The van der Waals surface area contributed by atoms with Crippen molar-refractivity contribution in [1.29, 1.82) is 0 Å². The van der Waals surface area contributed by atoms with E-state index in [1.807, 2.05) is 22.7 Å². The molecule has 0 radical (unpaired) electrons. The highest BCUT2D eigenvalue weighted by atomic mass is 32.1. The molecule has 3 nitrogen and oxygen atoms in total. The van der Waals surface area contributed by atoms with E-state index in [9.17, 15) is 0 Å². The molecule has 0 N–H and O–H groups in total. The lowest BCUT2D eigenvalue weighted by Crippen LogP contribution is -2.60. The summed E-state index contributed by atoms with van der Waals surface area (Å²) in [6, 6.07) is 55.1. The number of hydrogen-bond acceptors (Lipinski definition) is 4. The number of fused-ring (bicyclic) bond motifs is 18. The van der Waals surface area contributed by atoms with Crippen molar-refractivity contribution < 1.29 is 4.42 Å². The SMILES string of the molecule is CC(C)(C)c1ccc(N2B3c4cc5c(cc4-n4c6ccc7oc8ccccc8c7c6c6ccc(c3c64)-c3cc4sc6ccccc6c4cc32)sc2ccccc25)cc1. The number of benzene rings is 8. The second-order valence-electron chi connectivity index (χ2n) is 17.2. The molecular formula is C52H33BN2OS2. The van der Waals surface area contributed by atoms with Crippen LogP contribution in [-0.4, -0.2) is 11.4 Å². The van der Waals surface area contributed by atoms with Gasteiger partial charge in [-0.3, -0.25) is 0 Å². The lowest BCUT2D eigenvalue weighted by Gasteiger charge is -2.42. The number of furan rings is 1. The number of thiophene rings is 2. The molecule has 12 aromatic rings. The fourth-order valence-corrected chi connectivity index (χ4v) is 12.8. The van der Waals surface area contributed by atoms with Gasteiger partial charge in [0.1, 0.15) is 11.2 Å². The van der Waals surface area contributed by atoms with Crippen LogP contribution in [0.2, 0.25) is 0 Å². The van der Waals surface area contributed by atoms with Gasteiger partial charge in [0.25, 0.3) is 0 Å². The lowest BCUT2D eigenvalue weighted by atomic mass is 9.44. The predicted molar refractivity (Wildman–Crippen MR) is 252 cm³/mol. The molecule has 0 unspecified atom stereocenters. The van der Waals surface area contributed by atoms with Gasteiger partial charge in [-0.25, -0.2) is 0 Å². The van der Waals surface area contributed by atoms with Crippen molar-refractivity contribution in [1.82, 2.24) is 4.57 Å². The first kappa shape index (κ1) is 31.7. The third kappa shape index (κ3) is 3.95. The average molecular weight is 777 g/mol.